The van der Waals surface area contributed by atoms with E-state index in [4.69, 9.17) is 0 Å². The molecule has 8 fully saturated rings. The highest BCUT2D eigenvalue weighted by Crippen LogP contribution is 2.86. The van der Waals surface area contributed by atoms with Crippen molar-refractivity contribution in [2.75, 3.05) is 0 Å². The number of rotatable bonds is 1. The van der Waals surface area contributed by atoms with Gasteiger partial charge in [-0.2, -0.15) is 0 Å². The molecule has 0 saturated heterocycles. The Kier molecular flexibility index (Phi) is 2.17. The van der Waals surface area contributed by atoms with Crippen LogP contribution in [0.5, 0.6) is 0 Å². The summed E-state index contributed by atoms with van der Waals surface area (Å²) in [5.74, 6) is 0.596. The Morgan fingerprint density at radius 1 is 0.800 bits per heavy atom. The topological polar surface area (TPSA) is 94.8 Å². The van der Waals surface area contributed by atoms with Gasteiger partial charge in [0.05, 0.1) is 12.2 Å². The number of carbonyl (C=O) groups is 2. The van der Waals surface area contributed by atoms with Crippen molar-refractivity contribution < 1.29 is 24.9 Å². The van der Waals surface area contributed by atoms with Gasteiger partial charge in [-0.1, -0.05) is 0 Å². The van der Waals surface area contributed by atoms with Gasteiger partial charge in [0, 0.05) is 5.92 Å². The van der Waals surface area contributed by atoms with Crippen LogP contribution in [0.1, 0.15) is 25.7 Å². The van der Waals surface area contributed by atoms with Crippen LogP contribution in [0, 0.1) is 70.5 Å². The molecule has 0 amide bonds. The number of carboxylic acids is 1. The molecule has 0 spiro atoms. The average molecular weight is 344 g/mol. The average Bonchev–Trinajstić information content (AvgIpc) is 3.29. The summed E-state index contributed by atoms with van der Waals surface area (Å²) in [6.07, 6.45) is 2.58. The zero-order valence-corrected chi connectivity index (χ0v) is 14.0. The molecule has 14 atom stereocenters. The molecule has 5 nitrogen and oxygen atoms in total. The number of carboxylic acid groups (broad SMARTS) is 1. The summed E-state index contributed by atoms with van der Waals surface area (Å²) in [6.45, 7) is 0. The molecule has 8 rings (SSSR count). The van der Waals surface area contributed by atoms with Crippen LogP contribution in [0.2, 0.25) is 0 Å². The normalized spacial score (nSPS) is 70.3. The fraction of sp³-hybridized carbons (Fsp3) is 0.900. The van der Waals surface area contributed by atoms with Crippen LogP contribution in [0.3, 0.4) is 0 Å². The number of fused-ring (bicyclic) bond motifs is 2. The second kappa shape index (κ2) is 3.84. The van der Waals surface area contributed by atoms with Crippen molar-refractivity contribution in [3.63, 3.8) is 0 Å². The van der Waals surface area contributed by atoms with Crippen LogP contribution in [0.15, 0.2) is 0 Å². The lowest BCUT2D eigenvalue weighted by molar-refractivity contribution is -0.170. The zero-order valence-electron chi connectivity index (χ0n) is 14.0. The van der Waals surface area contributed by atoms with E-state index in [1.54, 1.807) is 0 Å². The fourth-order valence-electron chi connectivity index (χ4n) is 10.6. The van der Waals surface area contributed by atoms with Gasteiger partial charge in [0.25, 0.3) is 0 Å². The largest absolute Gasteiger partial charge is 0.480 e. The van der Waals surface area contributed by atoms with Gasteiger partial charge in [-0.3, -0.25) is 9.59 Å². The van der Waals surface area contributed by atoms with E-state index in [1.807, 2.05) is 0 Å². The van der Waals surface area contributed by atoms with E-state index in [-0.39, 0.29) is 53.3 Å². The molecule has 134 valence electrons. The maximum atomic E-state index is 13.6. The minimum Gasteiger partial charge on any atom is -0.480 e. The third kappa shape index (κ3) is 1.09. The summed E-state index contributed by atoms with van der Waals surface area (Å²) in [6, 6.07) is 0. The number of hydrogen-bond donors (Lipinski definition) is 3. The van der Waals surface area contributed by atoms with Gasteiger partial charge >= 0.3 is 5.97 Å². The molecule has 5 heteroatoms. The Morgan fingerprint density at radius 3 is 2.16 bits per heavy atom. The second-order valence-electron chi connectivity index (χ2n) is 10.2. The Hall–Kier alpha value is -0.940. The van der Waals surface area contributed by atoms with Crippen LogP contribution in [0.25, 0.3) is 0 Å². The number of Topliss-reactive ketones (excluding diaryl/α,β-unsaturated/α-hetero) is 1. The smallest absolute Gasteiger partial charge is 0.317 e. The van der Waals surface area contributed by atoms with E-state index in [2.05, 4.69) is 0 Å². The van der Waals surface area contributed by atoms with Gasteiger partial charge in [0.15, 0.2) is 5.78 Å². The van der Waals surface area contributed by atoms with Crippen LogP contribution >= 0.6 is 0 Å². The second-order valence-corrected chi connectivity index (χ2v) is 10.2. The Bertz CT molecular complexity index is 734. The minimum atomic E-state index is -1.25. The summed E-state index contributed by atoms with van der Waals surface area (Å²) in [5, 5.41) is 31.7. The van der Waals surface area contributed by atoms with E-state index in [1.165, 1.54) is 0 Å². The van der Waals surface area contributed by atoms with Crippen LogP contribution in [-0.2, 0) is 9.59 Å². The summed E-state index contributed by atoms with van der Waals surface area (Å²) in [7, 11) is 0. The molecule has 0 unspecified atom stereocenters. The molecule has 0 aromatic carbocycles. The van der Waals surface area contributed by atoms with E-state index < -0.39 is 17.5 Å². The highest BCUT2D eigenvalue weighted by Gasteiger charge is 2.90. The molecule has 0 radical (unpaired) electrons. The van der Waals surface area contributed by atoms with Crippen LogP contribution in [-0.4, -0.2) is 39.3 Å². The molecule has 8 aliphatic rings. The highest BCUT2D eigenvalue weighted by molar-refractivity contribution is 6.08. The van der Waals surface area contributed by atoms with Crippen molar-refractivity contribution >= 4 is 11.8 Å². The molecule has 0 aromatic heterocycles. The molecule has 0 aliphatic heterocycles. The van der Waals surface area contributed by atoms with Gasteiger partial charge in [-0.05, 0) is 84.9 Å². The first-order valence-corrected chi connectivity index (χ1v) is 10.1. The first kappa shape index (κ1) is 14.2. The highest BCUT2D eigenvalue weighted by atomic mass is 16.4. The number of ketones is 1. The molecule has 25 heavy (non-hydrogen) atoms. The van der Waals surface area contributed by atoms with Gasteiger partial charge in [0.2, 0.25) is 0 Å². The molecule has 0 heterocycles. The number of aliphatic carboxylic acids is 1. The Labute approximate surface area is 145 Å². The number of carbonyl (C=O) groups excluding carboxylic acids is 1. The standard InChI is InChI=1S/C20H24O5/c21-7-4-2-6-9(7)12-14-13-11-5-1-3-8(22)10(5)17(13)20(16(6)14,19(24)25)18(23)15(11)12/h5-17,21-22H,1-4H2,(H,24,25)/t5-,6+,7+,8+,9-,10-,11-,12+,13+,14-,15-,16+,17-,20-/m1/s1. The molecule has 8 aliphatic carbocycles. The number of aliphatic hydroxyl groups excluding tert-OH is 2. The lowest BCUT2D eigenvalue weighted by Crippen LogP contribution is -2.56. The third-order valence-corrected chi connectivity index (χ3v) is 10.4. The molecule has 3 N–H and O–H groups in total. The zero-order chi connectivity index (χ0) is 17.0. The third-order valence-electron chi connectivity index (χ3n) is 10.4. The quantitative estimate of drug-likeness (QED) is 0.611. The van der Waals surface area contributed by atoms with Crippen molar-refractivity contribution in [1.82, 2.24) is 0 Å². The molecular formula is C20H24O5. The Balaban J connectivity index is 1.51. The monoisotopic (exact) mass is 344 g/mol. The van der Waals surface area contributed by atoms with Crippen molar-refractivity contribution in [2.45, 2.75) is 37.9 Å². The lowest BCUT2D eigenvalue weighted by Gasteiger charge is -2.43. The summed E-state index contributed by atoms with van der Waals surface area (Å²) in [4.78, 5) is 26.3. The van der Waals surface area contributed by atoms with Crippen LogP contribution < -0.4 is 0 Å². The summed E-state index contributed by atoms with van der Waals surface area (Å²) >= 11 is 0. The van der Waals surface area contributed by atoms with Gasteiger partial charge < -0.3 is 15.3 Å². The number of hydrogen-bond acceptors (Lipinski definition) is 4. The maximum Gasteiger partial charge on any atom is 0.317 e. The van der Waals surface area contributed by atoms with Crippen molar-refractivity contribution in [1.29, 1.82) is 0 Å². The lowest BCUT2D eigenvalue weighted by atomic mass is 9.56. The summed E-state index contributed by atoms with van der Waals surface area (Å²) < 4.78 is 0. The van der Waals surface area contributed by atoms with Crippen molar-refractivity contribution in [3.8, 4) is 0 Å². The van der Waals surface area contributed by atoms with E-state index in [0.29, 0.717) is 23.7 Å². The van der Waals surface area contributed by atoms with Gasteiger partial charge in [0.1, 0.15) is 5.41 Å². The van der Waals surface area contributed by atoms with Crippen LogP contribution in [0.4, 0.5) is 0 Å². The molecule has 8 saturated carbocycles. The maximum absolute atomic E-state index is 13.6. The molecule has 8 bridgehead atoms. The van der Waals surface area contributed by atoms with Crippen molar-refractivity contribution in [2.24, 2.45) is 70.5 Å². The molecular weight excluding hydrogens is 320 g/mol. The number of aliphatic hydroxyl groups is 2. The van der Waals surface area contributed by atoms with E-state index in [9.17, 15) is 24.9 Å². The summed E-state index contributed by atoms with van der Waals surface area (Å²) in [5.41, 5.74) is -1.25. The molecule has 0 aromatic rings. The SMILES string of the molecule is O=C(O)[C@@]12C(=O)[C@H]3[C@@H]4[C@H]([C@@H]5[C@H]3[C@@H]3CC[C@H](O)[C@@H]3[C@H]51)[C@@H]2[C@H]1CC[C@H](O)[C@@H]14. The van der Waals surface area contributed by atoms with Gasteiger partial charge in [-0.25, -0.2) is 0 Å². The predicted octanol–water partition coefficient (Wildman–Crippen LogP) is 0.782. The first-order chi connectivity index (χ1) is 12.0. The van der Waals surface area contributed by atoms with Crippen molar-refractivity contribution in [3.05, 3.63) is 0 Å². The minimum absolute atomic E-state index is 0.00167. The Morgan fingerprint density at radius 2 is 1.44 bits per heavy atom. The van der Waals surface area contributed by atoms with E-state index in [0.717, 1.165) is 25.7 Å². The van der Waals surface area contributed by atoms with Gasteiger partial charge in [-0.15, -0.1) is 0 Å². The van der Waals surface area contributed by atoms with E-state index >= 15 is 0 Å². The first-order valence-electron chi connectivity index (χ1n) is 10.1. The fourth-order valence-corrected chi connectivity index (χ4v) is 10.6. The predicted molar refractivity (Wildman–Crippen MR) is 83.9 cm³/mol.